The van der Waals surface area contributed by atoms with E-state index < -0.39 is 0 Å². The average molecular weight is 414 g/mol. The summed E-state index contributed by atoms with van der Waals surface area (Å²) >= 11 is 1.76. The third-order valence-corrected chi connectivity index (χ3v) is 6.56. The van der Waals surface area contributed by atoms with Gasteiger partial charge in [-0.15, -0.1) is 11.3 Å². The lowest BCUT2D eigenvalue weighted by atomic mass is 9.98. The molecule has 0 unspecified atom stereocenters. The number of aromatic nitrogens is 2. The number of rotatable bonds is 5. The molecule has 0 saturated heterocycles. The molecular weight excluding hydrogens is 390 g/mol. The lowest BCUT2D eigenvalue weighted by Gasteiger charge is -2.29. The van der Waals surface area contributed by atoms with Gasteiger partial charge >= 0.3 is 0 Å². The molecule has 5 rings (SSSR count). The molecule has 0 aliphatic carbocycles. The molecular formula is C25H23N3OS. The third kappa shape index (κ3) is 3.74. The van der Waals surface area contributed by atoms with Crippen LogP contribution in [0.2, 0.25) is 0 Å². The molecule has 1 aliphatic heterocycles. The largest absolute Gasteiger partial charge is 0.293 e. The van der Waals surface area contributed by atoms with Crippen LogP contribution in [0, 0.1) is 0 Å². The molecule has 0 bridgehead atoms. The highest BCUT2D eigenvalue weighted by Crippen LogP contribution is 2.26. The molecule has 0 spiro atoms. The summed E-state index contributed by atoms with van der Waals surface area (Å²) in [7, 11) is 0. The molecule has 0 fully saturated rings. The van der Waals surface area contributed by atoms with E-state index in [-0.39, 0.29) is 11.6 Å². The monoisotopic (exact) mass is 413 g/mol. The minimum Gasteiger partial charge on any atom is -0.293 e. The molecule has 3 heterocycles. The van der Waals surface area contributed by atoms with E-state index in [9.17, 15) is 4.79 Å². The topological polar surface area (TPSA) is 38.1 Å². The summed E-state index contributed by atoms with van der Waals surface area (Å²) in [5, 5.41) is 2.10. The highest BCUT2D eigenvalue weighted by molar-refractivity contribution is 7.09. The quantitative estimate of drug-likeness (QED) is 0.483. The Balaban J connectivity index is 1.55. The Morgan fingerprint density at radius 1 is 0.933 bits per heavy atom. The fourth-order valence-corrected chi connectivity index (χ4v) is 4.95. The van der Waals surface area contributed by atoms with Crippen molar-refractivity contribution in [2.45, 2.75) is 25.6 Å². The summed E-state index contributed by atoms with van der Waals surface area (Å²) in [5.41, 5.74) is 4.00. The van der Waals surface area contributed by atoms with Crippen LogP contribution in [-0.2, 0) is 19.5 Å². The number of fused-ring (bicyclic) bond motifs is 1. The van der Waals surface area contributed by atoms with Crippen molar-refractivity contribution < 1.29 is 0 Å². The second-order valence-electron chi connectivity index (χ2n) is 7.65. The highest BCUT2D eigenvalue weighted by Gasteiger charge is 2.25. The normalized spacial score (nSPS) is 14.0. The van der Waals surface area contributed by atoms with Gasteiger partial charge < -0.3 is 0 Å². The molecule has 2 aromatic heterocycles. The molecule has 150 valence electrons. The zero-order chi connectivity index (χ0) is 20.3. The first-order chi connectivity index (χ1) is 14.8. The number of thiophene rings is 1. The Morgan fingerprint density at radius 3 is 2.27 bits per heavy atom. The van der Waals surface area contributed by atoms with Crippen molar-refractivity contribution in [1.29, 1.82) is 0 Å². The van der Waals surface area contributed by atoms with Crippen molar-refractivity contribution in [2.75, 3.05) is 6.54 Å². The van der Waals surface area contributed by atoms with Crippen LogP contribution in [0.3, 0.4) is 0 Å². The molecule has 4 nitrogen and oxygen atoms in total. The van der Waals surface area contributed by atoms with Crippen molar-refractivity contribution >= 4 is 11.3 Å². The van der Waals surface area contributed by atoms with Crippen molar-refractivity contribution in [3.8, 4) is 0 Å². The van der Waals surface area contributed by atoms with Crippen LogP contribution in [0.4, 0.5) is 0 Å². The molecule has 0 amide bonds. The number of nitrogens with zero attached hydrogens (tertiary/aromatic N) is 3. The fraction of sp³-hybridized carbons (Fsp3) is 0.200. The molecule has 1 aliphatic rings. The number of hydrogen-bond acceptors (Lipinski definition) is 4. The maximum Gasteiger partial charge on any atom is 0.258 e. The predicted molar refractivity (Wildman–Crippen MR) is 121 cm³/mol. The molecule has 0 N–H and O–H groups in total. The van der Waals surface area contributed by atoms with Crippen molar-refractivity contribution in [1.82, 2.24) is 14.5 Å². The molecule has 2 aromatic carbocycles. The lowest BCUT2D eigenvalue weighted by Crippen LogP contribution is -2.38. The van der Waals surface area contributed by atoms with Crippen LogP contribution in [0.1, 0.15) is 33.3 Å². The Morgan fingerprint density at radius 2 is 1.63 bits per heavy atom. The predicted octanol–water partition coefficient (Wildman–Crippen LogP) is 4.50. The van der Waals surface area contributed by atoms with Crippen LogP contribution in [0.25, 0.3) is 0 Å². The van der Waals surface area contributed by atoms with Gasteiger partial charge in [-0.05, 0) is 22.6 Å². The van der Waals surface area contributed by atoms with Gasteiger partial charge in [0.25, 0.3) is 5.56 Å². The van der Waals surface area contributed by atoms with Crippen LogP contribution in [0.15, 0.2) is 89.3 Å². The SMILES string of the molecule is O=c1c2c(ncn1C(c1ccccc1)c1ccccc1)CCN(Cc1cccs1)C2. The van der Waals surface area contributed by atoms with Crippen molar-refractivity contribution in [3.05, 3.63) is 122 Å². The van der Waals surface area contributed by atoms with Crippen LogP contribution in [0.5, 0.6) is 0 Å². The number of hydrogen-bond donors (Lipinski definition) is 0. The van der Waals surface area contributed by atoms with E-state index in [0.29, 0.717) is 6.54 Å². The summed E-state index contributed by atoms with van der Waals surface area (Å²) < 4.78 is 1.80. The van der Waals surface area contributed by atoms with Gasteiger partial charge in [0.2, 0.25) is 0 Å². The highest BCUT2D eigenvalue weighted by atomic mass is 32.1. The van der Waals surface area contributed by atoms with E-state index in [1.165, 1.54) is 4.88 Å². The van der Waals surface area contributed by atoms with Gasteiger partial charge in [0.1, 0.15) is 0 Å². The van der Waals surface area contributed by atoms with E-state index >= 15 is 0 Å². The summed E-state index contributed by atoms with van der Waals surface area (Å²) in [5.74, 6) is 0. The second-order valence-corrected chi connectivity index (χ2v) is 8.68. The maximum absolute atomic E-state index is 13.6. The standard InChI is InChI=1S/C25H23N3OS/c29-25-22-17-27(16-21-12-7-15-30-21)14-13-23(22)26-18-28(25)24(19-8-3-1-4-9-19)20-10-5-2-6-11-20/h1-12,15,18,24H,13-14,16-17H2. The summed E-state index contributed by atoms with van der Waals surface area (Å²) in [6.07, 6.45) is 2.55. The smallest absolute Gasteiger partial charge is 0.258 e. The van der Waals surface area contributed by atoms with Crippen molar-refractivity contribution in [2.24, 2.45) is 0 Å². The van der Waals surface area contributed by atoms with Crippen molar-refractivity contribution in [3.63, 3.8) is 0 Å². The summed E-state index contributed by atoms with van der Waals surface area (Å²) in [6.45, 7) is 2.46. The summed E-state index contributed by atoms with van der Waals surface area (Å²) in [6, 6.07) is 24.4. The van der Waals surface area contributed by atoms with Crippen LogP contribution in [-0.4, -0.2) is 21.0 Å². The Bertz CT molecular complexity index is 1130. The van der Waals surface area contributed by atoms with E-state index in [4.69, 9.17) is 4.98 Å². The Labute approximate surface area is 180 Å². The van der Waals surface area contributed by atoms with E-state index in [1.807, 2.05) is 36.4 Å². The molecule has 5 heteroatoms. The van der Waals surface area contributed by atoms with Crippen LogP contribution >= 0.6 is 11.3 Å². The molecule has 0 atom stereocenters. The first-order valence-corrected chi connectivity index (χ1v) is 11.1. The minimum absolute atomic E-state index is 0.0635. The maximum atomic E-state index is 13.6. The third-order valence-electron chi connectivity index (χ3n) is 5.69. The van der Waals surface area contributed by atoms with Gasteiger partial charge in [-0.1, -0.05) is 66.7 Å². The van der Waals surface area contributed by atoms with Gasteiger partial charge in [-0.3, -0.25) is 14.3 Å². The van der Waals surface area contributed by atoms with Gasteiger partial charge in [0.15, 0.2) is 0 Å². The molecule has 4 aromatic rings. The number of benzene rings is 2. The molecule has 0 saturated carbocycles. The zero-order valence-corrected chi connectivity index (χ0v) is 17.5. The van der Waals surface area contributed by atoms with E-state index in [0.717, 1.165) is 41.9 Å². The molecule has 0 radical (unpaired) electrons. The zero-order valence-electron chi connectivity index (χ0n) is 16.6. The van der Waals surface area contributed by atoms with Crippen LogP contribution < -0.4 is 5.56 Å². The minimum atomic E-state index is -0.189. The fourth-order valence-electron chi connectivity index (χ4n) is 4.21. The second kappa shape index (κ2) is 8.38. The lowest BCUT2D eigenvalue weighted by molar-refractivity contribution is 0.242. The molecule has 30 heavy (non-hydrogen) atoms. The van der Waals surface area contributed by atoms with Gasteiger partial charge in [0.05, 0.1) is 23.6 Å². The van der Waals surface area contributed by atoms with Gasteiger partial charge in [-0.2, -0.15) is 0 Å². The average Bonchev–Trinajstić information content (AvgIpc) is 3.30. The first kappa shape index (κ1) is 19.0. The Hall–Kier alpha value is -3.02. The van der Waals surface area contributed by atoms with E-state index in [2.05, 4.69) is 46.7 Å². The van der Waals surface area contributed by atoms with Gasteiger partial charge in [0, 0.05) is 30.9 Å². The Kier molecular flexibility index (Phi) is 5.30. The van der Waals surface area contributed by atoms with E-state index in [1.54, 1.807) is 22.2 Å². The first-order valence-electron chi connectivity index (χ1n) is 10.2. The summed E-state index contributed by atoms with van der Waals surface area (Å²) in [4.78, 5) is 22.0. The van der Waals surface area contributed by atoms with Gasteiger partial charge in [-0.25, -0.2) is 4.98 Å².